The van der Waals surface area contributed by atoms with Gasteiger partial charge < -0.3 is 5.32 Å². The molecular formula is C19H16F3N3O2. The Kier molecular flexibility index (Phi) is 4.73. The molecule has 0 aliphatic carbocycles. The van der Waals surface area contributed by atoms with Gasteiger partial charge in [0.15, 0.2) is 0 Å². The van der Waals surface area contributed by atoms with Crippen molar-refractivity contribution in [3.05, 3.63) is 70.1 Å². The molecule has 0 aliphatic rings. The molecule has 8 heteroatoms. The first-order valence-corrected chi connectivity index (χ1v) is 8.15. The maximum absolute atomic E-state index is 13.2. The van der Waals surface area contributed by atoms with E-state index in [2.05, 4.69) is 10.3 Å². The number of hydrogen-bond acceptors (Lipinski definition) is 3. The van der Waals surface area contributed by atoms with Crippen molar-refractivity contribution in [2.75, 3.05) is 5.32 Å². The van der Waals surface area contributed by atoms with Gasteiger partial charge in [-0.3, -0.25) is 14.2 Å². The van der Waals surface area contributed by atoms with E-state index in [9.17, 15) is 22.8 Å². The van der Waals surface area contributed by atoms with Gasteiger partial charge in [-0.05, 0) is 37.6 Å². The Balaban J connectivity index is 2.12. The number of halogens is 3. The number of anilines is 1. The van der Waals surface area contributed by atoms with Crippen molar-refractivity contribution >= 4 is 22.6 Å². The Labute approximate surface area is 152 Å². The van der Waals surface area contributed by atoms with Crippen LogP contribution >= 0.6 is 0 Å². The summed E-state index contributed by atoms with van der Waals surface area (Å²) < 4.78 is 40.6. The van der Waals surface area contributed by atoms with Crippen molar-refractivity contribution in [2.45, 2.75) is 26.1 Å². The van der Waals surface area contributed by atoms with E-state index in [0.717, 1.165) is 10.1 Å². The zero-order valence-electron chi connectivity index (χ0n) is 14.5. The van der Waals surface area contributed by atoms with Gasteiger partial charge in [0.05, 0.1) is 11.0 Å². The predicted octanol–water partition coefficient (Wildman–Crippen LogP) is 3.92. The fourth-order valence-corrected chi connectivity index (χ4v) is 2.79. The zero-order chi connectivity index (χ0) is 19.8. The summed E-state index contributed by atoms with van der Waals surface area (Å²) in [6.07, 6.45) is -4.92. The van der Waals surface area contributed by atoms with Gasteiger partial charge in [-0.2, -0.15) is 13.2 Å². The number of amides is 1. The lowest BCUT2D eigenvalue weighted by Crippen LogP contribution is -2.36. The second-order valence-electron chi connectivity index (χ2n) is 6.10. The van der Waals surface area contributed by atoms with E-state index in [0.29, 0.717) is 5.69 Å². The van der Waals surface area contributed by atoms with Crippen molar-refractivity contribution < 1.29 is 18.0 Å². The van der Waals surface area contributed by atoms with E-state index in [4.69, 9.17) is 0 Å². The molecule has 3 aromatic rings. The summed E-state index contributed by atoms with van der Waals surface area (Å²) in [5.74, 6) is -0.601. The van der Waals surface area contributed by atoms with Crippen molar-refractivity contribution in [1.29, 1.82) is 0 Å². The highest BCUT2D eigenvalue weighted by molar-refractivity contribution is 5.95. The fourth-order valence-electron chi connectivity index (χ4n) is 2.79. The Morgan fingerprint density at radius 1 is 1.11 bits per heavy atom. The molecule has 1 atom stereocenters. The summed E-state index contributed by atoms with van der Waals surface area (Å²) in [4.78, 5) is 28.6. The molecule has 0 saturated carbocycles. The molecule has 0 bridgehead atoms. The average Bonchev–Trinajstić information content (AvgIpc) is 2.61. The van der Waals surface area contributed by atoms with Gasteiger partial charge in [0.25, 0.3) is 5.56 Å². The van der Waals surface area contributed by atoms with Crippen LogP contribution in [0.4, 0.5) is 18.9 Å². The number of fused-ring (bicyclic) bond motifs is 1. The van der Waals surface area contributed by atoms with Crippen molar-refractivity contribution in [1.82, 2.24) is 9.55 Å². The second-order valence-corrected chi connectivity index (χ2v) is 6.10. The average molecular weight is 375 g/mol. The number of para-hydroxylation sites is 3. The summed E-state index contributed by atoms with van der Waals surface area (Å²) >= 11 is 0. The minimum Gasteiger partial charge on any atom is -0.324 e. The summed E-state index contributed by atoms with van der Waals surface area (Å²) in [6, 6.07) is 11.7. The maximum Gasteiger partial charge on any atom is 0.438 e. The molecule has 1 amide bonds. The molecule has 0 spiro atoms. The zero-order valence-corrected chi connectivity index (χ0v) is 14.5. The minimum atomic E-state index is -4.92. The Morgan fingerprint density at radius 3 is 2.41 bits per heavy atom. The standard InChI is InChI=1S/C19H16F3N3O2/c1-11-7-3-4-8-13(11)24-17(26)12(2)25-15-10-6-5-9-14(15)23-16(18(25)27)19(20,21)22/h3-10,12H,1-2H3,(H,24,26). The van der Waals surface area contributed by atoms with Crippen molar-refractivity contribution in [3.63, 3.8) is 0 Å². The molecule has 0 aliphatic heterocycles. The molecule has 140 valence electrons. The van der Waals surface area contributed by atoms with Gasteiger partial charge in [-0.15, -0.1) is 0 Å². The molecule has 1 N–H and O–H groups in total. The summed E-state index contributed by atoms with van der Waals surface area (Å²) in [6.45, 7) is 3.16. The lowest BCUT2D eigenvalue weighted by atomic mass is 10.2. The molecule has 0 radical (unpaired) electrons. The first kappa shape index (κ1) is 18.6. The van der Waals surface area contributed by atoms with Gasteiger partial charge >= 0.3 is 6.18 Å². The quantitative estimate of drug-likeness (QED) is 0.755. The number of carbonyl (C=O) groups is 1. The number of benzene rings is 2. The summed E-state index contributed by atoms with van der Waals surface area (Å²) in [7, 11) is 0. The third-order valence-corrected chi connectivity index (χ3v) is 4.23. The van der Waals surface area contributed by atoms with Gasteiger partial charge in [0.1, 0.15) is 6.04 Å². The molecule has 1 aromatic heterocycles. The van der Waals surface area contributed by atoms with Crippen LogP contribution in [0.2, 0.25) is 0 Å². The number of nitrogens with one attached hydrogen (secondary N) is 1. The molecular weight excluding hydrogens is 359 g/mol. The van der Waals surface area contributed by atoms with Gasteiger partial charge in [-0.25, -0.2) is 4.98 Å². The number of hydrogen-bond donors (Lipinski definition) is 1. The van der Waals surface area contributed by atoms with E-state index >= 15 is 0 Å². The normalized spacial score (nSPS) is 12.8. The SMILES string of the molecule is Cc1ccccc1NC(=O)C(C)n1c(=O)c(C(F)(F)F)nc2ccccc21. The number of alkyl halides is 3. The first-order valence-electron chi connectivity index (χ1n) is 8.15. The monoisotopic (exact) mass is 375 g/mol. The number of aryl methyl sites for hydroxylation is 1. The van der Waals surface area contributed by atoms with Gasteiger partial charge in [0.2, 0.25) is 11.6 Å². The maximum atomic E-state index is 13.2. The Morgan fingerprint density at radius 2 is 1.74 bits per heavy atom. The topological polar surface area (TPSA) is 64.0 Å². The molecule has 1 unspecified atom stereocenters. The highest BCUT2D eigenvalue weighted by atomic mass is 19.4. The van der Waals surface area contributed by atoms with Crippen LogP contribution in [0.15, 0.2) is 53.3 Å². The highest BCUT2D eigenvalue weighted by Gasteiger charge is 2.38. The molecule has 5 nitrogen and oxygen atoms in total. The van der Waals surface area contributed by atoms with E-state index < -0.39 is 29.4 Å². The van der Waals surface area contributed by atoms with Crippen molar-refractivity contribution in [3.8, 4) is 0 Å². The van der Waals surface area contributed by atoms with E-state index in [-0.39, 0.29) is 11.0 Å². The lowest BCUT2D eigenvalue weighted by Gasteiger charge is -2.19. The molecule has 2 aromatic carbocycles. The summed E-state index contributed by atoms with van der Waals surface area (Å²) in [5.41, 5.74) is -1.44. The number of rotatable bonds is 3. The third kappa shape index (κ3) is 3.55. The molecule has 1 heterocycles. The number of carbonyl (C=O) groups excluding carboxylic acids is 1. The largest absolute Gasteiger partial charge is 0.438 e. The predicted molar refractivity (Wildman–Crippen MR) is 95.5 cm³/mol. The second kappa shape index (κ2) is 6.86. The van der Waals surface area contributed by atoms with Gasteiger partial charge in [0, 0.05) is 5.69 Å². The molecule has 0 fully saturated rings. The summed E-state index contributed by atoms with van der Waals surface area (Å²) in [5, 5.41) is 2.66. The van der Waals surface area contributed by atoms with Crippen molar-refractivity contribution in [2.24, 2.45) is 0 Å². The van der Waals surface area contributed by atoms with Crippen LogP contribution in [0.1, 0.15) is 24.2 Å². The van der Waals surface area contributed by atoms with Crippen LogP contribution in [0.3, 0.4) is 0 Å². The lowest BCUT2D eigenvalue weighted by molar-refractivity contribution is -0.142. The molecule has 0 saturated heterocycles. The third-order valence-electron chi connectivity index (χ3n) is 4.23. The van der Waals surface area contributed by atoms with Crippen LogP contribution in [0.25, 0.3) is 11.0 Å². The van der Waals surface area contributed by atoms with E-state index in [1.807, 2.05) is 0 Å². The van der Waals surface area contributed by atoms with E-state index in [1.165, 1.54) is 25.1 Å². The van der Waals surface area contributed by atoms with Crippen LogP contribution in [-0.2, 0) is 11.0 Å². The number of nitrogens with zero attached hydrogens (tertiary/aromatic N) is 2. The van der Waals surface area contributed by atoms with Crippen LogP contribution in [-0.4, -0.2) is 15.5 Å². The molecule has 27 heavy (non-hydrogen) atoms. The Bertz CT molecular complexity index is 1070. The number of aromatic nitrogens is 2. The van der Waals surface area contributed by atoms with Crippen LogP contribution in [0.5, 0.6) is 0 Å². The highest BCUT2D eigenvalue weighted by Crippen LogP contribution is 2.27. The van der Waals surface area contributed by atoms with Gasteiger partial charge in [-0.1, -0.05) is 30.3 Å². The van der Waals surface area contributed by atoms with E-state index in [1.54, 1.807) is 37.3 Å². The fraction of sp³-hybridized carbons (Fsp3) is 0.211. The molecule has 3 rings (SSSR count). The van der Waals surface area contributed by atoms with Crippen LogP contribution < -0.4 is 10.9 Å². The first-order chi connectivity index (χ1) is 12.7. The van der Waals surface area contributed by atoms with Crippen LogP contribution in [0, 0.1) is 6.92 Å². The smallest absolute Gasteiger partial charge is 0.324 e. The Hall–Kier alpha value is -3.16. The minimum absolute atomic E-state index is 0.0139.